The van der Waals surface area contributed by atoms with Crippen LogP contribution < -0.4 is 4.74 Å². The number of piperidine rings is 2. The summed E-state index contributed by atoms with van der Waals surface area (Å²) in [6.45, 7) is 6.23. The molecule has 6 nitrogen and oxygen atoms in total. The molecule has 2 saturated heterocycles. The number of ether oxygens (including phenoxy) is 1. The molecule has 2 fully saturated rings. The third-order valence-electron chi connectivity index (χ3n) is 5.69. The predicted octanol–water partition coefficient (Wildman–Crippen LogP) is 2.81. The van der Waals surface area contributed by atoms with Gasteiger partial charge in [-0.05, 0) is 55.4 Å². The fourth-order valence-electron chi connectivity index (χ4n) is 4.30. The summed E-state index contributed by atoms with van der Waals surface area (Å²) in [5.41, 5.74) is 0.663. The van der Waals surface area contributed by atoms with Crippen molar-refractivity contribution in [2.24, 2.45) is 17.8 Å². The van der Waals surface area contributed by atoms with Gasteiger partial charge in [0.25, 0.3) is 10.2 Å². The molecule has 1 aromatic carbocycles. The number of rotatable bonds is 5. The molecule has 2 heterocycles. The highest BCUT2D eigenvalue weighted by Crippen LogP contribution is 2.28. The van der Waals surface area contributed by atoms with Crippen LogP contribution in [0.15, 0.2) is 24.3 Å². The molecule has 1 aromatic rings. The van der Waals surface area contributed by atoms with Crippen molar-refractivity contribution in [2.75, 3.05) is 33.3 Å². The maximum Gasteiger partial charge on any atom is 0.281 e. The number of nitrogens with zero attached hydrogens (tertiary/aromatic N) is 2. The average molecular weight is 395 g/mol. The Morgan fingerprint density at radius 1 is 1.00 bits per heavy atom. The van der Waals surface area contributed by atoms with Crippen LogP contribution in [0.1, 0.15) is 43.5 Å². The van der Waals surface area contributed by atoms with Crippen molar-refractivity contribution in [3.63, 3.8) is 0 Å². The second-order valence-electron chi connectivity index (χ2n) is 8.04. The van der Waals surface area contributed by atoms with Crippen LogP contribution in [-0.2, 0) is 10.2 Å². The topological polar surface area (TPSA) is 66.9 Å². The van der Waals surface area contributed by atoms with Gasteiger partial charge < -0.3 is 4.74 Å². The summed E-state index contributed by atoms with van der Waals surface area (Å²) in [4.78, 5) is 12.7. The molecule has 0 radical (unpaired) electrons. The van der Waals surface area contributed by atoms with E-state index in [9.17, 15) is 13.2 Å². The largest absolute Gasteiger partial charge is 0.497 e. The second kappa shape index (κ2) is 8.29. The number of Topliss-reactive ketones (excluding diaryl/α,β-unsaturated/α-hetero) is 1. The molecule has 0 bridgehead atoms. The first-order valence-electron chi connectivity index (χ1n) is 9.74. The molecule has 0 aliphatic carbocycles. The maximum atomic E-state index is 13.0. The number of methoxy groups -OCH3 is 1. The number of benzene rings is 1. The van der Waals surface area contributed by atoms with E-state index in [0.29, 0.717) is 56.4 Å². The summed E-state index contributed by atoms with van der Waals surface area (Å²) >= 11 is 0. The fraction of sp³-hybridized carbons (Fsp3) is 0.650. The molecular formula is C20H30N2O4S. The SMILES string of the molecule is COc1ccc(C(=O)C2CCN(S(=O)(=O)N3C[C@H](C)C[C@H](C)C3)CC2)cc1. The molecule has 0 saturated carbocycles. The molecular weight excluding hydrogens is 364 g/mol. The average Bonchev–Trinajstić information content (AvgIpc) is 2.67. The lowest BCUT2D eigenvalue weighted by molar-refractivity contribution is 0.0871. The van der Waals surface area contributed by atoms with Gasteiger partial charge in [-0.25, -0.2) is 0 Å². The van der Waals surface area contributed by atoms with E-state index in [1.165, 1.54) is 0 Å². The van der Waals surface area contributed by atoms with Crippen molar-refractivity contribution in [1.82, 2.24) is 8.61 Å². The Balaban J connectivity index is 1.61. The molecule has 2 aliphatic rings. The smallest absolute Gasteiger partial charge is 0.281 e. The third kappa shape index (κ3) is 4.52. The van der Waals surface area contributed by atoms with Crippen LogP contribution in [0.4, 0.5) is 0 Å². The van der Waals surface area contributed by atoms with Crippen LogP contribution in [0.2, 0.25) is 0 Å². The van der Waals surface area contributed by atoms with E-state index in [0.717, 1.165) is 12.2 Å². The second-order valence-corrected chi connectivity index (χ2v) is 9.97. The highest BCUT2D eigenvalue weighted by Gasteiger charge is 2.37. The fourth-order valence-corrected chi connectivity index (χ4v) is 6.18. The first-order valence-corrected chi connectivity index (χ1v) is 11.1. The van der Waals surface area contributed by atoms with Crippen molar-refractivity contribution in [3.8, 4) is 5.75 Å². The van der Waals surface area contributed by atoms with Gasteiger partial charge in [0.05, 0.1) is 7.11 Å². The van der Waals surface area contributed by atoms with E-state index in [-0.39, 0.29) is 11.7 Å². The van der Waals surface area contributed by atoms with Crippen molar-refractivity contribution in [1.29, 1.82) is 0 Å². The Morgan fingerprint density at radius 2 is 1.56 bits per heavy atom. The highest BCUT2D eigenvalue weighted by molar-refractivity contribution is 7.86. The molecule has 7 heteroatoms. The minimum Gasteiger partial charge on any atom is -0.497 e. The quantitative estimate of drug-likeness (QED) is 0.720. The van der Waals surface area contributed by atoms with E-state index in [2.05, 4.69) is 13.8 Å². The molecule has 0 amide bonds. The molecule has 0 spiro atoms. The van der Waals surface area contributed by atoms with Crippen LogP contribution in [0.3, 0.4) is 0 Å². The van der Waals surface area contributed by atoms with Crippen LogP contribution >= 0.6 is 0 Å². The molecule has 3 rings (SSSR count). The summed E-state index contributed by atoms with van der Waals surface area (Å²) in [5.74, 6) is 1.46. The van der Waals surface area contributed by atoms with Gasteiger partial charge in [0.1, 0.15) is 5.75 Å². The lowest BCUT2D eigenvalue weighted by Crippen LogP contribution is -2.51. The Morgan fingerprint density at radius 3 is 2.07 bits per heavy atom. The van der Waals surface area contributed by atoms with Gasteiger partial charge in [0.15, 0.2) is 5.78 Å². The maximum absolute atomic E-state index is 13.0. The molecule has 0 unspecified atom stereocenters. The number of carbonyl (C=O) groups excluding carboxylic acids is 1. The number of carbonyl (C=O) groups is 1. The van der Waals surface area contributed by atoms with E-state index in [1.807, 2.05) is 0 Å². The van der Waals surface area contributed by atoms with Gasteiger partial charge in [-0.1, -0.05) is 13.8 Å². The predicted molar refractivity (Wildman–Crippen MR) is 105 cm³/mol. The summed E-state index contributed by atoms with van der Waals surface area (Å²) in [6.07, 6.45) is 2.22. The van der Waals surface area contributed by atoms with Crippen molar-refractivity contribution >= 4 is 16.0 Å². The van der Waals surface area contributed by atoms with Crippen molar-refractivity contribution < 1.29 is 17.9 Å². The van der Waals surface area contributed by atoms with Crippen LogP contribution in [0.25, 0.3) is 0 Å². The lowest BCUT2D eigenvalue weighted by atomic mass is 9.89. The summed E-state index contributed by atoms with van der Waals surface area (Å²) < 4.78 is 34.3. The summed E-state index contributed by atoms with van der Waals surface area (Å²) in [5, 5.41) is 0. The zero-order valence-corrected chi connectivity index (χ0v) is 17.2. The Labute approximate surface area is 162 Å². The van der Waals surface area contributed by atoms with Crippen molar-refractivity contribution in [3.05, 3.63) is 29.8 Å². The van der Waals surface area contributed by atoms with E-state index >= 15 is 0 Å². The van der Waals surface area contributed by atoms with Gasteiger partial charge in [0.2, 0.25) is 0 Å². The zero-order valence-electron chi connectivity index (χ0n) is 16.4. The summed E-state index contributed by atoms with van der Waals surface area (Å²) in [6, 6.07) is 7.12. The van der Waals surface area contributed by atoms with Gasteiger partial charge in [-0.2, -0.15) is 17.0 Å². The third-order valence-corrected chi connectivity index (χ3v) is 7.66. The monoisotopic (exact) mass is 394 g/mol. The number of hydrogen-bond acceptors (Lipinski definition) is 4. The lowest BCUT2D eigenvalue weighted by Gasteiger charge is -2.39. The van der Waals surface area contributed by atoms with Crippen LogP contribution in [0.5, 0.6) is 5.75 Å². The Kier molecular flexibility index (Phi) is 6.23. The van der Waals surface area contributed by atoms with Crippen molar-refractivity contribution in [2.45, 2.75) is 33.1 Å². The molecule has 2 atom stereocenters. The van der Waals surface area contributed by atoms with Gasteiger partial charge in [-0.15, -0.1) is 0 Å². The van der Waals surface area contributed by atoms with E-state index in [1.54, 1.807) is 40.0 Å². The molecule has 2 aliphatic heterocycles. The van der Waals surface area contributed by atoms with Gasteiger partial charge in [-0.3, -0.25) is 4.79 Å². The number of hydrogen-bond donors (Lipinski definition) is 0. The van der Waals surface area contributed by atoms with E-state index in [4.69, 9.17) is 4.74 Å². The molecule has 0 aromatic heterocycles. The normalized spacial score (nSPS) is 26.0. The van der Waals surface area contributed by atoms with E-state index < -0.39 is 10.2 Å². The van der Waals surface area contributed by atoms with Crippen LogP contribution in [0, 0.1) is 17.8 Å². The van der Waals surface area contributed by atoms with Gasteiger partial charge >= 0.3 is 0 Å². The minimum atomic E-state index is -3.43. The standard InChI is InChI=1S/C20H30N2O4S/c1-15-12-16(2)14-22(13-15)27(24,25)21-10-8-18(9-11-21)20(23)17-4-6-19(26-3)7-5-17/h4-7,15-16,18H,8-14H2,1-3H3/t15-,16+. The molecule has 27 heavy (non-hydrogen) atoms. The van der Waals surface area contributed by atoms with Crippen LogP contribution in [-0.4, -0.2) is 56.1 Å². The van der Waals surface area contributed by atoms with Gasteiger partial charge in [0, 0.05) is 37.7 Å². The first kappa shape index (κ1) is 20.3. The summed E-state index contributed by atoms with van der Waals surface area (Å²) in [7, 11) is -1.84. The Hall–Kier alpha value is -1.44. The molecule has 150 valence electrons. The zero-order chi connectivity index (χ0) is 19.6. The number of ketones is 1. The highest BCUT2D eigenvalue weighted by atomic mass is 32.2. The molecule has 0 N–H and O–H groups in total. The first-order chi connectivity index (χ1) is 12.8. The minimum absolute atomic E-state index is 0.0925. The Bertz CT molecular complexity index is 745.